The molecular formula is C19H26N4O2S. The molecule has 0 radical (unpaired) electrons. The zero-order valence-corrected chi connectivity index (χ0v) is 16.6. The van der Waals surface area contributed by atoms with Gasteiger partial charge in [0, 0.05) is 31.1 Å². The number of rotatable bonds is 1. The molecule has 0 unspecified atom stereocenters. The highest BCUT2D eigenvalue weighted by Gasteiger charge is 2.28. The minimum Gasteiger partial charge on any atom is -0.444 e. The first-order chi connectivity index (χ1) is 12.4. The van der Waals surface area contributed by atoms with E-state index < -0.39 is 5.60 Å². The molecule has 26 heavy (non-hydrogen) atoms. The van der Waals surface area contributed by atoms with Crippen LogP contribution in [0, 0.1) is 0 Å². The number of piperazine rings is 1. The molecular weight excluding hydrogens is 348 g/mol. The van der Waals surface area contributed by atoms with E-state index in [1.807, 2.05) is 32.1 Å². The van der Waals surface area contributed by atoms with Crippen LogP contribution in [0.3, 0.4) is 0 Å². The number of nitrogens with zero attached hydrogens (tertiary/aromatic N) is 4. The SMILES string of the molecule is CC(C)(C)OC(=O)N1CCN(c2ncnc3c4c(sc23)CCCC4)CC1. The third-order valence-corrected chi connectivity index (χ3v) is 6.22. The molecule has 6 nitrogen and oxygen atoms in total. The molecule has 1 aliphatic heterocycles. The molecule has 1 amide bonds. The van der Waals surface area contributed by atoms with Gasteiger partial charge < -0.3 is 14.5 Å². The highest BCUT2D eigenvalue weighted by molar-refractivity contribution is 7.19. The molecule has 0 spiro atoms. The van der Waals surface area contributed by atoms with Gasteiger partial charge in [0.05, 0.1) is 10.2 Å². The summed E-state index contributed by atoms with van der Waals surface area (Å²) >= 11 is 1.86. The molecule has 1 saturated heterocycles. The number of aromatic nitrogens is 2. The second-order valence-corrected chi connectivity index (χ2v) is 9.15. The van der Waals surface area contributed by atoms with Gasteiger partial charge >= 0.3 is 6.09 Å². The van der Waals surface area contributed by atoms with E-state index in [0.29, 0.717) is 13.1 Å². The Kier molecular flexibility index (Phi) is 4.50. The summed E-state index contributed by atoms with van der Waals surface area (Å²) in [5, 5.41) is 0. The summed E-state index contributed by atoms with van der Waals surface area (Å²) < 4.78 is 6.70. The van der Waals surface area contributed by atoms with E-state index in [0.717, 1.165) is 30.8 Å². The number of thiophene rings is 1. The molecule has 3 heterocycles. The Labute approximate surface area is 158 Å². The first kappa shape index (κ1) is 17.5. The summed E-state index contributed by atoms with van der Waals surface area (Å²) in [6.07, 6.45) is 6.31. The van der Waals surface area contributed by atoms with Gasteiger partial charge in [-0.1, -0.05) is 0 Å². The summed E-state index contributed by atoms with van der Waals surface area (Å²) in [4.78, 5) is 27.0. The number of ether oxygens (including phenoxy) is 1. The molecule has 1 aliphatic carbocycles. The van der Waals surface area contributed by atoms with Crippen molar-refractivity contribution in [3.8, 4) is 0 Å². The molecule has 0 atom stereocenters. The summed E-state index contributed by atoms with van der Waals surface area (Å²) in [5.74, 6) is 1.03. The molecule has 0 bridgehead atoms. The van der Waals surface area contributed by atoms with E-state index >= 15 is 0 Å². The highest BCUT2D eigenvalue weighted by atomic mass is 32.1. The van der Waals surface area contributed by atoms with E-state index in [-0.39, 0.29) is 6.09 Å². The Bertz CT molecular complexity index is 819. The first-order valence-corrected chi connectivity index (χ1v) is 10.2. The summed E-state index contributed by atoms with van der Waals surface area (Å²) in [6, 6.07) is 0. The third-order valence-electron chi connectivity index (χ3n) is 4.94. The van der Waals surface area contributed by atoms with E-state index in [1.165, 1.54) is 34.4 Å². The van der Waals surface area contributed by atoms with Crippen molar-refractivity contribution >= 4 is 33.5 Å². The predicted octanol–water partition coefficient (Wildman–Crippen LogP) is 3.63. The Morgan fingerprint density at radius 3 is 2.58 bits per heavy atom. The fourth-order valence-corrected chi connectivity index (χ4v) is 5.05. The number of fused-ring (bicyclic) bond motifs is 3. The van der Waals surface area contributed by atoms with Gasteiger partial charge in [0.2, 0.25) is 0 Å². The summed E-state index contributed by atoms with van der Waals surface area (Å²) in [5.41, 5.74) is 2.12. The van der Waals surface area contributed by atoms with Gasteiger partial charge in [0.15, 0.2) is 0 Å². The summed E-state index contributed by atoms with van der Waals surface area (Å²) in [6.45, 7) is 8.56. The van der Waals surface area contributed by atoms with Crippen molar-refractivity contribution in [3.63, 3.8) is 0 Å². The van der Waals surface area contributed by atoms with Crippen LogP contribution in [0.15, 0.2) is 6.33 Å². The second kappa shape index (κ2) is 6.68. The van der Waals surface area contributed by atoms with Crippen molar-refractivity contribution < 1.29 is 9.53 Å². The van der Waals surface area contributed by atoms with Crippen LogP contribution in [0.25, 0.3) is 10.2 Å². The van der Waals surface area contributed by atoms with E-state index in [9.17, 15) is 4.79 Å². The minimum atomic E-state index is -0.455. The number of carbonyl (C=O) groups is 1. The molecule has 2 aromatic rings. The predicted molar refractivity (Wildman–Crippen MR) is 104 cm³/mol. The van der Waals surface area contributed by atoms with Gasteiger partial charge in [-0.15, -0.1) is 11.3 Å². The fraction of sp³-hybridized carbons (Fsp3) is 0.632. The third kappa shape index (κ3) is 3.37. The maximum atomic E-state index is 12.3. The molecule has 1 fully saturated rings. The number of amides is 1. The fourth-order valence-electron chi connectivity index (χ4n) is 3.69. The van der Waals surface area contributed by atoms with Crippen LogP contribution in [0.4, 0.5) is 10.6 Å². The van der Waals surface area contributed by atoms with Gasteiger partial charge in [-0.3, -0.25) is 0 Å². The largest absolute Gasteiger partial charge is 0.444 e. The van der Waals surface area contributed by atoms with Crippen LogP contribution in [0.1, 0.15) is 44.1 Å². The zero-order chi connectivity index (χ0) is 18.3. The van der Waals surface area contributed by atoms with Crippen molar-refractivity contribution in [2.75, 3.05) is 31.1 Å². The lowest BCUT2D eigenvalue weighted by Gasteiger charge is -2.36. The lowest BCUT2D eigenvalue weighted by atomic mass is 9.98. The average Bonchev–Trinajstić information content (AvgIpc) is 2.99. The second-order valence-electron chi connectivity index (χ2n) is 8.04. The van der Waals surface area contributed by atoms with Crippen molar-refractivity contribution in [2.45, 2.75) is 52.1 Å². The topological polar surface area (TPSA) is 58.6 Å². The standard InChI is InChI=1S/C19H26N4O2S/c1-19(2,3)25-18(24)23-10-8-22(9-11-23)17-16-15(20-12-21-17)13-6-4-5-7-14(13)26-16/h12H,4-11H2,1-3H3. The Morgan fingerprint density at radius 2 is 1.85 bits per heavy atom. The number of anilines is 1. The maximum absolute atomic E-state index is 12.3. The molecule has 140 valence electrons. The molecule has 2 aliphatic rings. The Balaban J connectivity index is 1.51. The van der Waals surface area contributed by atoms with E-state index in [2.05, 4.69) is 14.9 Å². The highest BCUT2D eigenvalue weighted by Crippen LogP contribution is 2.39. The van der Waals surface area contributed by atoms with Crippen molar-refractivity contribution in [2.24, 2.45) is 0 Å². The minimum absolute atomic E-state index is 0.225. The number of carbonyl (C=O) groups excluding carboxylic acids is 1. The van der Waals surface area contributed by atoms with Crippen LogP contribution in [-0.4, -0.2) is 52.7 Å². The van der Waals surface area contributed by atoms with Gasteiger partial charge in [-0.2, -0.15) is 0 Å². The smallest absolute Gasteiger partial charge is 0.410 e. The van der Waals surface area contributed by atoms with Crippen molar-refractivity contribution in [1.29, 1.82) is 0 Å². The van der Waals surface area contributed by atoms with Gasteiger partial charge in [-0.25, -0.2) is 14.8 Å². The van der Waals surface area contributed by atoms with Crippen LogP contribution < -0.4 is 4.90 Å². The summed E-state index contributed by atoms with van der Waals surface area (Å²) in [7, 11) is 0. The number of hydrogen-bond donors (Lipinski definition) is 0. The van der Waals surface area contributed by atoms with Gasteiger partial charge in [0.1, 0.15) is 17.7 Å². The Hall–Kier alpha value is -1.89. The van der Waals surface area contributed by atoms with Crippen LogP contribution >= 0.6 is 11.3 Å². The molecule has 4 rings (SSSR count). The zero-order valence-electron chi connectivity index (χ0n) is 15.7. The van der Waals surface area contributed by atoms with Gasteiger partial charge in [0.25, 0.3) is 0 Å². The number of hydrogen-bond acceptors (Lipinski definition) is 6. The van der Waals surface area contributed by atoms with Crippen LogP contribution in [0.5, 0.6) is 0 Å². The molecule has 7 heteroatoms. The van der Waals surface area contributed by atoms with E-state index in [4.69, 9.17) is 4.74 Å². The lowest BCUT2D eigenvalue weighted by Crippen LogP contribution is -2.50. The van der Waals surface area contributed by atoms with Crippen LogP contribution in [0.2, 0.25) is 0 Å². The van der Waals surface area contributed by atoms with Crippen molar-refractivity contribution in [3.05, 3.63) is 16.8 Å². The average molecular weight is 375 g/mol. The van der Waals surface area contributed by atoms with Gasteiger partial charge in [-0.05, 0) is 52.0 Å². The Morgan fingerprint density at radius 1 is 1.12 bits per heavy atom. The monoisotopic (exact) mass is 374 g/mol. The lowest BCUT2D eigenvalue weighted by molar-refractivity contribution is 0.0240. The maximum Gasteiger partial charge on any atom is 0.410 e. The molecule has 0 N–H and O–H groups in total. The van der Waals surface area contributed by atoms with E-state index in [1.54, 1.807) is 11.2 Å². The van der Waals surface area contributed by atoms with Crippen LogP contribution in [-0.2, 0) is 17.6 Å². The molecule has 0 saturated carbocycles. The first-order valence-electron chi connectivity index (χ1n) is 9.40. The quantitative estimate of drug-likeness (QED) is 0.763. The molecule has 0 aromatic carbocycles. The molecule has 2 aromatic heterocycles. The number of aryl methyl sites for hydroxylation is 2. The normalized spacial score (nSPS) is 18.1. The van der Waals surface area contributed by atoms with Crippen molar-refractivity contribution in [1.82, 2.24) is 14.9 Å².